The van der Waals surface area contributed by atoms with Crippen LogP contribution in [0, 0.1) is 10.1 Å². The van der Waals surface area contributed by atoms with Gasteiger partial charge in [0.1, 0.15) is 0 Å². The molecule has 0 amide bonds. The predicted octanol–water partition coefficient (Wildman–Crippen LogP) is 3.48. The lowest BCUT2D eigenvalue weighted by molar-refractivity contribution is -0.384. The van der Waals surface area contributed by atoms with E-state index < -0.39 is 11.9 Å². The van der Waals surface area contributed by atoms with Crippen LogP contribution in [0.5, 0.6) is 0 Å². The zero-order chi connectivity index (χ0) is 25.1. The Morgan fingerprint density at radius 3 is 2.32 bits per heavy atom. The minimum Gasteiger partial charge on any atom is -0.478 e. The van der Waals surface area contributed by atoms with Gasteiger partial charge in [0.2, 0.25) is 0 Å². The summed E-state index contributed by atoms with van der Waals surface area (Å²) in [6, 6.07) is 14.5. The van der Waals surface area contributed by atoms with E-state index in [9.17, 15) is 19.7 Å². The highest BCUT2D eigenvalue weighted by atomic mass is 32.2. The van der Waals surface area contributed by atoms with E-state index in [0.717, 1.165) is 34.3 Å². The van der Waals surface area contributed by atoms with Crippen LogP contribution in [-0.4, -0.2) is 75.7 Å². The maximum Gasteiger partial charge on any atom is 0.328 e. The number of non-ortho nitro benzene ring substituents is 1. The molecule has 0 aromatic heterocycles. The van der Waals surface area contributed by atoms with Crippen molar-refractivity contribution in [3.8, 4) is 0 Å². The van der Waals surface area contributed by atoms with Gasteiger partial charge in [0.25, 0.3) is 5.69 Å². The van der Waals surface area contributed by atoms with Crippen LogP contribution in [0.1, 0.15) is 11.1 Å². The van der Waals surface area contributed by atoms with E-state index in [1.807, 2.05) is 44.4 Å². The Hall–Kier alpha value is -3.83. The lowest BCUT2D eigenvalue weighted by Crippen LogP contribution is -2.16. The number of nitro groups is 1. The largest absolute Gasteiger partial charge is 0.478 e. The average Bonchev–Trinajstić information content (AvgIpc) is 2.97. The number of aliphatic imine (C=N–C) groups is 2. The molecule has 0 spiro atoms. The maximum atomic E-state index is 11.2. The maximum absolute atomic E-state index is 11.2. The van der Waals surface area contributed by atoms with Gasteiger partial charge >= 0.3 is 11.9 Å². The van der Waals surface area contributed by atoms with Crippen LogP contribution in [0.4, 0.5) is 11.4 Å². The van der Waals surface area contributed by atoms with Crippen molar-refractivity contribution in [2.24, 2.45) is 9.98 Å². The molecule has 1 heterocycles. The third-order valence-corrected chi connectivity index (χ3v) is 5.23. The van der Waals surface area contributed by atoms with Crippen molar-refractivity contribution in [3.63, 3.8) is 0 Å². The second-order valence-corrected chi connectivity index (χ2v) is 8.32. The van der Waals surface area contributed by atoms with Crippen LogP contribution in [0.2, 0.25) is 0 Å². The van der Waals surface area contributed by atoms with Gasteiger partial charge < -0.3 is 15.1 Å². The van der Waals surface area contributed by atoms with E-state index >= 15 is 0 Å². The summed E-state index contributed by atoms with van der Waals surface area (Å²) >= 11 is 1.68. The number of fused-ring (bicyclic) bond motifs is 1. The van der Waals surface area contributed by atoms with Gasteiger partial charge in [-0.05, 0) is 20.2 Å². The van der Waals surface area contributed by atoms with Gasteiger partial charge in [-0.3, -0.25) is 15.1 Å². The van der Waals surface area contributed by atoms with Crippen molar-refractivity contribution >= 4 is 45.8 Å². The second-order valence-electron chi connectivity index (χ2n) is 7.16. The topological polar surface area (TPSA) is 146 Å². The van der Waals surface area contributed by atoms with Crippen LogP contribution >= 0.6 is 11.8 Å². The molecule has 2 aromatic carbocycles. The number of carboxylic acid groups (broad SMARTS) is 2. The Morgan fingerprint density at radius 1 is 1.12 bits per heavy atom. The van der Waals surface area contributed by atoms with Gasteiger partial charge in [-0.1, -0.05) is 30.3 Å². The molecule has 0 fully saturated rings. The summed E-state index contributed by atoms with van der Waals surface area (Å²) in [4.78, 5) is 41.5. The summed E-state index contributed by atoms with van der Waals surface area (Å²) in [6.45, 7) is 1.43. The summed E-state index contributed by atoms with van der Waals surface area (Å²) < 4.78 is 0. The molecule has 3 rings (SSSR count). The standard InChI is InChI=1S/C19H20N4O2S.C4H4O4/c1-22(2)10-11-26-18-13-20-19(14-6-4-3-5-7-14)16-12-15(23(24)25)8-9-17(16)21-18;5-3(6)1-2-4(7)8/h3-9,12H,10-11,13H2,1-2H3;1-2H,(H,5,6)(H,7,8)/b;2-1-. The molecule has 2 aromatic rings. The van der Waals surface area contributed by atoms with Crippen molar-refractivity contribution in [2.45, 2.75) is 0 Å². The number of carbonyl (C=O) groups is 2. The fourth-order valence-electron chi connectivity index (χ4n) is 2.74. The zero-order valence-corrected chi connectivity index (χ0v) is 19.4. The molecule has 34 heavy (non-hydrogen) atoms. The highest BCUT2D eigenvalue weighted by Crippen LogP contribution is 2.30. The van der Waals surface area contributed by atoms with Crippen molar-refractivity contribution in [3.05, 3.63) is 81.9 Å². The lowest BCUT2D eigenvalue weighted by atomic mass is 10.00. The van der Waals surface area contributed by atoms with E-state index in [1.54, 1.807) is 23.9 Å². The van der Waals surface area contributed by atoms with E-state index in [0.29, 0.717) is 24.3 Å². The number of thioether (sulfide) groups is 1. The van der Waals surface area contributed by atoms with E-state index in [2.05, 4.69) is 4.90 Å². The van der Waals surface area contributed by atoms with Gasteiger partial charge in [0.15, 0.2) is 0 Å². The minimum absolute atomic E-state index is 0.0475. The predicted molar refractivity (Wildman–Crippen MR) is 133 cm³/mol. The minimum atomic E-state index is -1.26. The van der Waals surface area contributed by atoms with Crippen molar-refractivity contribution < 1.29 is 24.7 Å². The molecule has 0 saturated heterocycles. The third-order valence-electron chi connectivity index (χ3n) is 4.29. The summed E-state index contributed by atoms with van der Waals surface area (Å²) in [5.74, 6) is -1.59. The Bertz CT molecular complexity index is 1110. The molecular formula is C23H24N4O6S. The van der Waals surface area contributed by atoms with Crippen LogP contribution in [0.25, 0.3) is 0 Å². The Morgan fingerprint density at radius 2 is 1.76 bits per heavy atom. The summed E-state index contributed by atoms with van der Waals surface area (Å²) in [6.07, 6.45) is 1.12. The average molecular weight is 485 g/mol. The van der Waals surface area contributed by atoms with Crippen molar-refractivity contribution in [2.75, 3.05) is 32.9 Å². The lowest BCUT2D eigenvalue weighted by Gasteiger charge is -2.08. The summed E-state index contributed by atoms with van der Waals surface area (Å²) in [5, 5.41) is 27.8. The molecular weight excluding hydrogens is 460 g/mol. The Kier molecular flexibility index (Phi) is 10.1. The van der Waals surface area contributed by atoms with Crippen LogP contribution in [0.3, 0.4) is 0 Å². The first kappa shape index (κ1) is 26.4. The molecule has 0 unspecified atom stereocenters. The number of benzene rings is 2. The quantitative estimate of drug-likeness (QED) is 0.345. The first-order chi connectivity index (χ1) is 16.2. The molecule has 0 bridgehead atoms. The molecule has 1 aliphatic heterocycles. The van der Waals surface area contributed by atoms with Gasteiger partial charge in [-0.25, -0.2) is 14.6 Å². The highest BCUT2D eigenvalue weighted by Gasteiger charge is 2.19. The number of aliphatic carboxylic acids is 2. The molecule has 0 aliphatic carbocycles. The second kappa shape index (κ2) is 13.0. The van der Waals surface area contributed by atoms with E-state index in [4.69, 9.17) is 20.2 Å². The van der Waals surface area contributed by atoms with Gasteiger partial charge in [0, 0.05) is 47.7 Å². The Labute approximate surface area is 200 Å². The highest BCUT2D eigenvalue weighted by molar-refractivity contribution is 8.14. The fraction of sp³-hybridized carbons (Fsp3) is 0.217. The summed E-state index contributed by atoms with van der Waals surface area (Å²) in [7, 11) is 4.07. The van der Waals surface area contributed by atoms with Crippen molar-refractivity contribution in [1.82, 2.24) is 4.90 Å². The zero-order valence-electron chi connectivity index (χ0n) is 18.6. The number of nitrogens with zero attached hydrogens (tertiary/aromatic N) is 4. The smallest absolute Gasteiger partial charge is 0.328 e. The SMILES string of the molecule is CN(C)CCSC1=Nc2ccc([N+](=O)[O-])cc2C(c2ccccc2)=NC1.O=C(O)/C=C\C(=O)O. The molecule has 2 N–H and O–H groups in total. The fourth-order valence-corrected chi connectivity index (χ4v) is 3.75. The van der Waals surface area contributed by atoms with Crippen LogP contribution in [-0.2, 0) is 9.59 Å². The molecule has 0 atom stereocenters. The number of hydrogen-bond acceptors (Lipinski definition) is 8. The van der Waals surface area contributed by atoms with Crippen LogP contribution in [0.15, 0.2) is 70.7 Å². The summed E-state index contributed by atoms with van der Waals surface area (Å²) in [5.41, 5.74) is 3.16. The van der Waals surface area contributed by atoms with Crippen LogP contribution < -0.4 is 0 Å². The van der Waals surface area contributed by atoms with Crippen molar-refractivity contribution in [1.29, 1.82) is 0 Å². The molecule has 178 valence electrons. The normalized spacial score (nSPS) is 12.7. The molecule has 11 heteroatoms. The van der Waals surface area contributed by atoms with Gasteiger partial charge in [0.05, 0.1) is 27.9 Å². The molecule has 0 radical (unpaired) electrons. The van der Waals surface area contributed by atoms with Gasteiger partial charge in [-0.2, -0.15) is 0 Å². The van der Waals surface area contributed by atoms with E-state index in [1.165, 1.54) is 6.07 Å². The van der Waals surface area contributed by atoms with Gasteiger partial charge in [-0.15, -0.1) is 11.8 Å². The molecule has 10 nitrogen and oxygen atoms in total. The number of rotatable bonds is 7. The molecule has 1 aliphatic rings. The number of nitro benzene ring substituents is 1. The Balaban J connectivity index is 0.000000440. The van der Waals surface area contributed by atoms with E-state index in [-0.39, 0.29) is 10.6 Å². The molecule has 0 saturated carbocycles. The number of carboxylic acids is 2. The third kappa shape index (κ3) is 8.60. The number of hydrogen-bond donors (Lipinski definition) is 2. The first-order valence-corrected chi connectivity index (χ1v) is 11.0. The first-order valence-electron chi connectivity index (χ1n) is 10.0. The monoisotopic (exact) mass is 484 g/mol.